The van der Waals surface area contributed by atoms with Gasteiger partial charge in [0.25, 0.3) is 0 Å². The molecule has 7 rings (SSSR count). The fourth-order valence-electron chi connectivity index (χ4n) is 12.9. The molecule has 11 atom stereocenters. The van der Waals surface area contributed by atoms with Crippen LogP contribution < -0.4 is 69.5 Å². The SMILES string of the molecule is CC(C)CC1NC(=O)[C@H](Cc2ccc(O)cc2)NC(=O)[C@H](C(C)C)NC(=O)CSC[C@@H](C(=O)NCC(N)=O)NC(=O)[C@H](CC(C)C)NC(=O)[C@H](Cc2ccccc2)N(C)C(=O)[C@H](Cc2ccc(O)cc2)NC(=O)[C@H](Cc2c[nH]c3ccccc23)NC(=O)CNC(=O)[C@H](CO)NC(=O)[C@H](Cc2ccc(O)cc2)NC(=O)[C@H](C(C)C)NC1=O. The molecule has 1 aromatic heterocycles. The molecular weight excluding hydrogens is 1520 g/mol. The standard InChI is InChI=1S/C82H107N15O18S/c1-44(2)31-58-74(107)94-65(73(106)85-39-67(83)102)42-116-43-69(104)95-70(46(5)6)80(113)90-60(33-49-19-25-53(99)26-20-49)75(108)88-59(32-45(3)4)78(111)96-71(47(7)8)81(114)91-61(34-50-21-27-54(100)28-22-50)76(109)93-64(41-98)72(105)86-40-68(103)87-62(37-52-38-84-57-18-14-13-17-56(52)57)77(110)92-63(35-51-23-29-55(101)30-24-51)82(115)97(9)66(79(112)89-58)36-48-15-11-10-12-16-48/h10-30,38,44-47,58-66,70-71,84,98-101H,31-37,39-43H2,1-9H3,(H2,83,102)(H,85,106)(H,86,105)(H,87,103)(H,88,108)(H,89,112)(H,90,113)(H,91,114)(H,92,110)(H,93,109)(H,94,107)(H,95,104)(H,96,111)/t58-,59?,60-,61-,62-,63-,64-,65-,66-,70-,71-/m0/s1. The lowest BCUT2D eigenvalue weighted by Gasteiger charge is -2.33. The van der Waals surface area contributed by atoms with Crippen molar-refractivity contribution in [2.24, 2.45) is 29.4 Å². The zero-order valence-corrected chi connectivity index (χ0v) is 67.1. The van der Waals surface area contributed by atoms with E-state index in [1.807, 2.05) is 0 Å². The average Bonchev–Trinajstić information content (AvgIpc) is 1.56. The molecule has 6 aromatic rings. The molecular formula is C82H107N15O18S. The number of aliphatic hydroxyl groups is 1. The van der Waals surface area contributed by atoms with Gasteiger partial charge in [-0.1, -0.05) is 140 Å². The number of aromatic amines is 1. The van der Waals surface area contributed by atoms with Gasteiger partial charge in [0.15, 0.2) is 0 Å². The highest BCUT2D eigenvalue weighted by Crippen LogP contribution is 2.23. The molecule has 0 spiro atoms. The molecule has 19 N–H and O–H groups in total. The minimum atomic E-state index is -1.82. The van der Waals surface area contributed by atoms with Gasteiger partial charge in [0.2, 0.25) is 82.7 Å². The Balaban J connectivity index is 1.30. The summed E-state index contributed by atoms with van der Waals surface area (Å²) in [5.41, 5.74) is 8.37. The second-order valence-electron chi connectivity index (χ2n) is 30.3. The maximum atomic E-state index is 15.6. The van der Waals surface area contributed by atoms with Crippen LogP contribution in [0.1, 0.15) is 96.0 Å². The average molecular weight is 1620 g/mol. The van der Waals surface area contributed by atoms with Crippen molar-refractivity contribution in [3.05, 3.63) is 161 Å². The number of carbonyl (C=O) groups is 14. The van der Waals surface area contributed by atoms with E-state index in [9.17, 15) is 73.2 Å². The number of primary amides is 1. The number of benzene rings is 5. The second kappa shape index (κ2) is 44.0. The third-order valence-corrected chi connectivity index (χ3v) is 20.2. The number of thioether (sulfide) groups is 1. The van der Waals surface area contributed by atoms with Gasteiger partial charge in [-0.3, -0.25) is 67.1 Å². The van der Waals surface area contributed by atoms with Crippen LogP contribution in [-0.4, -0.2) is 218 Å². The van der Waals surface area contributed by atoms with Crippen molar-refractivity contribution < 1.29 is 87.5 Å². The molecule has 33 nitrogen and oxygen atoms in total. The Bertz CT molecular complexity index is 4410. The van der Waals surface area contributed by atoms with Crippen molar-refractivity contribution in [1.29, 1.82) is 0 Å². The molecule has 0 bridgehead atoms. The van der Waals surface area contributed by atoms with Crippen molar-refractivity contribution in [2.45, 2.75) is 167 Å². The number of hydrogen-bond donors (Lipinski definition) is 18. The first-order valence-corrected chi connectivity index (χ1v) is 39.4. The van der Waals surface area contributed by atoms with Gasteiger partial charge in [0.05, 0.1) is 25.4 Å². The minimum absolute atomic E-state index is 0.0310. The van der Waals surface area contributed by atoms with Gasteiger partial charge in [-0.2, -0.15) is 0 Å². The zero-order valence-electron chi connectivity index (χ0n) is 66.3. The number of carbonyl (C=O) groups excluding carboxylic acids is 14. The van der Waals surface area contributed by atoms with Gasteiger partial charge in [-0.05, 0) is 107 Å². The summed E-state index contributed by atoms with van der Waals surface area (Å²) in [4.78, 5) is 207. The fraction of sp³-hybridized carbons (Fsp3) is 0.439. The quantitative estimate of drug-likeness (QED) is 0.0490. The number of aromatic hydroxyl groups is 3. The highest BCUT2D eigenvalue weighted by molar-refractivity contribution is 8.00. The maximum absolute atomic E-state index is 15.6. The number of H-pyrrole nitrogens is 1. The predicted molar refractivity (Wildman–Crippen MR) is 432 cm³/mol. The van der Waals surface area contributed by atoms with E-state index in [-0.39, 0.29) is 79.8 Å². The van der Waals surface area contributed by atoms with Crippen LogP contribution >= 0.6 is 11.8 Å². The largest absolute Gasteiger partial charge is 0.508 e. The molecule has 1 aliphatic heterocycles. The van der Waals surface area contributed by atoms with Crippen LogP contribution in [0.15, 0.2) is 134 Å². The van der Waals surface area contributed by atoms with Crippen molar-refractivity contribution in [1.82, 2.24) is 73.7 Å². The molecule has 624 valence electrons. The maximum Gasteiger partial charge on any atom is 0.245 e. The lowest BCUT2D eigenvalue weighted by molar-refractivity contribution is -0.143. The number of hydrogen-bond acceptors (Lipinski definition) is 19. The van der Waals surface area contributed by atoms with Crippen molar-refractivity contribution in [3.63, 3.8) is 0 Å². The summed E-state index contributed by atoms with van der Waals surface area (Å²) in [6, 6.07) is 15.9. The van der Waals surface area contributed by atoms with E-state index in [0.29, 0.717) is 38.7 Å². The van der Waals surface area contributed by atoms with Gasteiger partial charge in [-0.25, -0.2) is 0 Å². The van der Waals surface area contributed by atoms with Crippen molar-refractivity contribution >= 4 is 105 Å². The Labute approximate surface area is 676 Å². The van der Waals surface area contributed by atoms with Crippen LogP contribution in [-0.2, 0) is 99.2 Å². The predicted octanol–water partition coefficient (Wildman–Crippen LogP) is 0.334. The normalized spacial score (nSPS) is 22.6. The molecule has 1 aliphatic rings. The molecule has 116 heavy (non-hydrogen) atoms. The third-order valence-electron chi connectivity index (χ3n) is 19.2. The molecule has 0 saturated carbocycles. The lowest BCUT2D eigenvalue weighted by atomic mass is 9.98. The van der Waals surface area contributed by atoms with Crippen LogP contribution in [0.5, 0.6) is 17.2 Å². The fourth-order valence-corrected chi connectivity index (χ4v) is 13.8. The van der Waals surface area contributed by atoms with E-state index in [4.69, 9.17) is 5.73 Å². The number of phenols is 3. The first-order chi connectivity index (χ1) is 55.0. The van der Waals surface area contributed by atoms with Gasteiger partial charge in [-0.15, -0.1) is 11.8 Å². The van der Waals surface area contributed by atoms with E-state index in [1.54, 1.807) is 116 Å². The van der Waals surface area contributed by atoms with Crippen LogP contribution in [0, 0.1) is 23.7 Å². The van der Waals surface area contributed by atoms with E-state index < -0.39 is 186 Å². The summed E-state index contributed by atoms with van der Waals surface area (Å²) >= 11 is 0.832. The Hall–Kier alpha value is -12.1. The van der Waals surface area contributed by atoms with Crippen molar-refractivity contribution in [3.8, 4) is 17.2 Å². The summed E-state index contributed by atoms with van der Waals surface area (Å²) in [6.07, 6.45) is 0.281. The highest BCUT2D eigenvalue weighted by Gasteiger charge is 2.40. The lowest BCUT2D eigenvalue weighted by Crippen LogP contribution is -2.61. The Morgan fingerprint density at radius 1 is 0.466 bits per heavy atom. The van der Waals surface area contributed by atoms with Crippen LogP contribution in [0.3, 0.4) is 0 Å². The number of likely N-dealkylation sites (N-methyl/N-ethyl adjacent to an activating group) is 1. The van der Waals surface area contributed by atoms with Gasteiger partial charge in [0, 0.05) is 62.0 Å². The molecule has 1 saturated heterocycles. The number of aliphatic hydroxyl groups excluding tert-OH is 1. The number of nitrogens with one attached hydrogen (secondary N) is 13. The minimum Gasteiger partial charge on any atom is -0.508 e. The van der Waals surface area contributed by atoms with E-state index in [0.717, 1.165) is 16.7 Å². The summed E-state index contributed by atoms with van der Waals surface area (Å²) < 4.78 is 0. The number of nitrogens with two attached hydrogens (primary N) is 1. The Morgan fingerprint density at radius 2 is 0.897 bits per heavy atom. The number of aromatic nitrogens is 1. The first-order valence-electron chi connectivity index (χ1n) is 38.3. The van der Waals surface area contributed by atoms with Crippen LogP contribution in [0.2, 0.25) is 0 Å². The van der Waals surface area contributed by atoms with Crippen molar-refractivity contribution in [2.75, 3.05) is 38.2 Å². The molecule has 1 fully saturated rings. The Kier molecular flexibility index (Phi) is 34.5. The smallest absolute Gasteiger partial charge is 0.245 e. The molecule has 0 aliphatic carbocycles. The number of rotatable bonds is 20. The van der Waals surface area contributed by atoms with Gasteiger partial charge < -0.3 is 99.8 Å². The van der Waals surface area contributed by atoms with E-state index in [2.05, 4.69) is 68.8 Å². The monoisotopic (exact) mass is 1620 g/mol. The second-order valence-corrected chi connectivity index (χ2v) is 31.3. The molecule has 14 amide bonds. The number of para-hydroxylation sites is 1. The molecule has 5 aromatic carbocycles. The number of amides is 14. The molecule has 34 heteroatoms. The number of fused-ring (bicyclic) bond motifs is 1. The van der Waals surface area contributed by atoms with E-state index in [1.165, 1.54) is 79.8 Å². The first kappa shape index (κ1) is 91.1. The van der Waals surface area contributed by atoms with Crippen LogP contribution in [0.25, 0.3) is 10.9 Å². The summed E-state index contributed by atoms with van der Waals surface area (Å²) in [5.74, 6) is -16.1. The number of nitrogens with zero attached hydrogens (tertiary/aromatic N) is 1. The Morgan fingerprint density at radius 3 is 1.40 bits per heavy atom. The van der Waals surface area contributed by atoms with Crippen LogP contribution in [0.4, 0.5) is 0 Å². The van der Waals surface area contributed by atoms with Gasteiger partial charge >= 0.3 is 0 Å². The number of phenolic OH excluding ortho intramolecular Hbond substituents is 3. The summed E-state index contributed by atoms with van der Waals surface area (Å²) in [6.45, 7) is 10.8. The zero-order chi connectivity index (χ0) is 85.0. The molecule has 2 heterocycles. The highest BCUT2D eigenvalue weighted by atomic mass is 32.2. The van der Waals surface area contributed by atoms with E-state index >= 15 is 14.4 Å². The van der Waals surface area contributed by atoms with Gasteiger partial charge in [0.1, 0.15) is 83.7 Å². The topological polar surface area (TPSA) is 509 Å². The molecule has 0 radical (unpaired) electrons. The summed E-state index contributed by atoms with van der Waals surface area (Å²) in [7, 11) is 1.31. The summed E-state index contributed by atoms with van der Waals surface area (Å²) in [5, 5.41) is 73.7. The molecule has 1 unspecified atom stereocenters. The third kappa shape index (κ3) is 28.2.